The fraction of sp³-hybridized carbons (Fsp3) is 0.378. The molecule has 0 saturated carbocycles. The molecule has 3 amide bonds. The van der Waals surface area contributed by atoms with Gasteiger partial charge in [-0.2, -0.15) is 12.6 Å². The van der Waals surface area contributed by atoms with Crippen molar-refractivity contribution in [2.45, 2.75) is 76.4 Å². The number of alkyl carbamates (subject to hydrolysis) is 1. The predicted molar refractivity (Wildman–Crippen MR) is 191 cm³/mol. The van der Waals surface area contributed by atoms with Crippen molar-refractivity contribution in [3.05, 3.63) is 102 Å². The summed E-state index contributed by atoms with van der Waals surface area (Å²) in [5.74, 6) is -1.28. The molecule has 0 saturated heterocycles. The van der Waals surface area contributed by atoms with Gasteiger partial charge in [0.15, 0.2) is 0 Å². The van der Waals surface area contributed by atoms with Gasteiger partial charge < -0.3 is 30.4 Å². The average Bonchev–Trinajstić information content (AvgIpc) is 3.60. The molecule has 4 rings (SSSR count). The van der Waals surface area contributed by atoms with Crippen LogP contribution in [0.5, 0.6) is 0 Å². The molecule has 11 nitrogen and oxygen atoms in total. The minimum absolute atomic E-state index is 0.00707. The van der Waals surface area contributed by atoms with Gasteiger partial charge in [-0.05, 0) is 41.2 Å². The zero-order chi connectivity index (χ0) is 35.2. The number of carbonyl (C=O) groups is 4. The van der Waals surface area contributed by atoms with Crippen molar-refractivity contribution in [1.82, 2.24) is 25.9 Å². The third-order valence-electron chi connectivity index (χ3n) is 7.92. The van der Waals surface area contributed by atoms with Gasteiger partial charge in [0.25, 0.3) is 0 Å². The topological polar surface area (TPSA) is 152 Å². The van der Waals surface area contributed by atoms with Gasteiger partial charge in [0.05, 0.1) is 25.0 Å². The van der Waals surface area contributed by atoms with Gasteiger partial charge >= 0.3 is 12.1 Å². The first kappa shape index (κ1) is 37.0. The van der Waals surface area contributed by atoms with Crippen molar-refractivity contribution in [2.24, 2.45) is 5.92 Å². The average molecular weight is 688 g/mol. The van der Waals surface area contributed by atoms with E-state index >= 15 is 0 Å². The Hall–Kier alpha value is -4.84. The zero-order valence-electron chi connectivity index (χ0n) is 28.1. The minimum atomic E-state index is -1.09. The Morgan fingerprint density at radius 2 is 1.53 bits per heavy atom. The van der Waals surface area contributed by atoms with Crippen LogP contribution < -0.4 is 16.0 Å². The highest BCUT2D eigenvalue weighted by atomic mass is 32.1. The van der Waals surface area contributed by atoms with E-state index < -0.39 is 47.3 Å². The summed E-state index contributed by atoms with van der Waals surface area (Å²) in [6.45, 7) is 6.01. The first-order valence-electron chi connectivity index (χ1n) is 16.5. The van der Waals surface area contributed by atoms with Crippen LogP contribution in [-0.2, 0) is 43.3 Å². The maximum Gasteiger partial charge on any atom is 0.408 e. The summed E-state index contributed by atoms with van der Waals surface area (Å²) in [7, 11) is 0. The van der Waals surface area contributed by atoms with Gasteiger partial charge in [-0.1, -0.05) is 86.6 Å². The molecule has 4 aromatic rings. The summed E-state index contributed by atoms with van der Waals surface area (Å²) in [5, 5.41) is 10.0. The number of hydrogen-bond acceptors (Lipinski definition) is 8. The lowest BCUT2D eigenvalue weighted by Gasteiger charge is -2.29. The van der Waals surface area contributed by atoms with E-state index in [1.54, 1.807) is 13.1 Å². The highest BCUT2D eigenvalue weighted by molar-refractivity contribution is 7.81. The van der Waals surface area contributed by atoms with Crippen molar-refractivity contribution >= 4 is 47.3 Å². The van der Waals surface area contributed by atoms with Crippen LogP contribution in [0.4, 0.5) is 4.79 Å². The lowest BCUT2D eigenvalue weighted by Crippen LogP contribution is -2.57. The van der Waals surface area contributed by atoms with Gasteiger partial charge in [0, 0.05) is 30.3 Å². The highest BCUT2D eigenvalue weighted by Gasteiger charge is 2.31. The molecule has 0 bridgehead atoms. The van der Waals surface area contributed by atoms with Gasteiger partial charge in [0.1, 0.15) is 18.7 Å². The number of benzene rings is 3. The molecule has 3 aromatic carbocycles. The summed E-state index contributed by atoms with van der Waals surface area (Å²) >= 11 is 4.65. The molecule has 0 spiro atoms. The summed E-state index contributed by atoms with van der Waals surface area (Å²) in [6, 6.07) is 20.1. The Labute approximate surface area is 292 Å². The third kappa shape index (κ3) is 11.7. The fourth-order valence-corrected chi connectivity index (χ4v) is 5.88. The number of imidazole rings is 1. The van der Waals surface area contributed by atoms with E-state index in [0.29, 0.717) is 12.1 Å². The summed E-state index contributed by atoms with van der Waals surface area (Å²) < 4.78 is 10.6. The lowest BCUT2D eigenvalue weighted by atomic mass is 9.97. The molecule has 12 heteroatoms. The van der Waals surface area contributed by atoms with Crippen LogP contribution in [0.2, 0.25) is 0 Å². The Morgan fingerprint density at radius 1 is 0.837 bits per heavy atom. The number of aromatic amines is 1. The zero-order valence-corrected chi connectivity index (χ0v) is 29.0. The van der Waals surface area contributed by atoms with Crippen LogP contribution in [0, 0.1) is 5.92 Å². The number of thiol groups is 1. The first-order chi connectivity index (χ1) is 23.6. The third-order valence-corrected chi connectivity index (χ3v) is 8.47. The molecule has 260 valence electrons. The molecular weight excluding hydrogens is 643 g/mol. The second-order valence-corrected chi connectivity index (χ2v) is 12.9. The van der Waals surface area contributed by atoms with Crippen LogP contribution >= 0.6 is 12.6 Å². The molecule has 49 heavy (non-hydrogen) atoms. The van der Waals surface area contributed by atoms with Crippen molar-refractivity contribution in [1.29, 1.82) is 0 Å². The fourth-order valence-electron chi connectivity index (χ4n) is 5.54. The number of nitrogens with one attached hydrogen (secondary N) is 4. The molecule has 0 fully saturated rings. The summed E-state index contributed by atoms with van der Waals surface area (Å²) in [5.41, 5.74) is 2.18. The van der Waals surface area contributed by atoms with Crippen LogP contribution in [-0.4, -0.2) is 63.8 Å². The van der Waals surface area contributed by atoms with E-state index in [1.165, 1.54) is 6.33 Å². The molecule has 4 N–H and O–H groups in total. The van der Waals surface area contributed by atoms with Gasteiger partial charge in [-0.25, -0.2) is 9.78 Å². The second-order valence-electron chi connectivity index (χ2n) is 12.2. The van der Waals surface area contributed by atoms with Crippen LogP contribution in [0.15, 0.2) is 85.3 Å². The van der Waals surface area contributed by atoms with Crippen molar-refractivity contribution < 1.29 is 28.7 Å². The van der Waals surface area contributed by atoms with E-state index in [0.717, 1.165) is 21.9 Å². The lowest BCUT2D eigenvalue weighted by molar-refractivity contribution is -0.143. The molecule has 1 heterocycles. The van der Waals surface area contributed by atoms with Crippen LogP contribution in [0.25, 0.3) is 10.8 Å². The van der Waals surface area contributed by atoms with Crippen molar-refractivity contribution in [2.75, 3.05) is 6.61 Å². The summed E-state index contributed by atoms with van der Waals surface area (Å²) in [4.78, 5) is 60.5. The Kier molecular flexibility index (Phi) is 14.1. The van der Waals surface area contributed by atoms with Gasteiger partial charge in [-0.15, -0.1) is 0 Å². The number of rotatable bonds is 17. The molecular formula is C37H45N5O6S. The number of amides is 3. The van der Waals surface area contributed by atoms with Crippen LogP contribution in [0.3, 0.4) is 0 Å². The number of ether oxygens (including phenoxy) is 2. The SMILES string of the molecule is CCOC(=O)CC(S)C(CC(C)C)NC(=O)[C@H](Cc1c[nH]cn1)NC(=O)[C@H](Cc1cccc2ccccc12)NC(=O)OCc1ccccc1. The number of carbonyl (C=O) groups excluding carboxylic acids is 4. The molecule has 4 atom stereocenters. The molecule has 0 aliphatic heterocycles. The standard InChI is InChI=1S/C37H45N5O6S/c1-4-47-34(43)20-33(49)30(17-24(2)3)40-36(45)32(19-28-21-38-23-39-28)41-35(44)31(42-37(46)48-22-25-11-6-5-7-12-25)18-27-15-10-14-26-13-8-9-16-29(26)27/h5-16,21,23-24,30-33,49H,4,17-20,22H2,1-3H3,(H,38,39)(H,40,45)(H,41,44)(H,42,46)/t30?,31-,32-,33?/m0/s1. The van der Waals surface area contributed by atoms with Gasteiger partial charge in [-0.3, -0.25) is 14.4 Å². The predicted octanol–water partition coefficient (Wildman–Crippen LogP) is 4.91. The van der Waals surface area contributed by atoms with E-state index in [1.807, 2.05) is 86.6 Å². The summed E-state index contributed by atoms with van der Waals surface area (Å²) in [6.07, 6.45) is 3.13. The number of fused-ring (bicyclic) bond motifs is 1. The maximum atomic E-state index is 14.1. The Morgan fingerprint density at radius 3 is 2.24 bits per heavy atom. The number of hydrogen-bond donors (Lipinski definition) is 5. The molecule has 2 unspecified atom stereocenters. The minimum Gasteiger partial charge on any atom is -0.466 e. The van der Waals surface area contributed by atoms with Crippen molar-refractivity contribution in [3.8, 4) is 0 Å². The quantitative estimate of drug-likeness (QED) is 0.0782. The largest absolute Gasteiger partial charge is 0.466 e. The van der Waals surface area contributed by atoms with E-state index in [-0.39, 0.29) is 38.4 Å². The molecule has 0 radical (unpaired) electrons. The Bertz CT molecular complexity index is 1660. The Balaban J connectivity index is 1.57. The number of aromatic nitrogens is 2. The van der Waals surface area contributed by atoms with Crippen LogP contribution in [0.1, 0.15) is 50.4 Å². The van der Waals surface area contributed by atoms with Crippen molar-refractivity contribution in [3.63, 3.8) is 0 Å². The normalized spacial score (nSPS) is 13.6. The smallest absolute Gasteiger partial charge is 0.408 e. The molecule has 1 aromatic heterocycles. The van der Waals surface area contributed by atoms with Gasteiger partial charge in [0.2, 0.25) is 11.8 Å². The van der Waals surface area contributed by atoms with E-state index in [9.17, 15) is 19.2 Å². The maximum absolute atomic E-state index is 14.1. The number of esters is 1. The monoisotopic (exact) mass is 687 g/mol. The first-order valence-corrected chi connectivity index (χ1v) is 17.0. The number of H-pyrrole nitrogens is 1. The van der Waals surface area contributed by atoms with E-state index in [2.05, 4.69) is 38.5 Å². The second kappa shape index (κ2) is 18.6. The molecule has 0 aliphatic rings. The number of nitrogens with zero attached hydrogens (tertiary/aromatic N) is 1. The highest BCUT2D eigenvalue weighted by Crippen LogP contribution is 2.21. The molecule has 0 aliphatic carbocycles. The van der Waals surface area contributed by atoms with E-state index in [4.69, 9.17) is 9.47 Å².